The Morgan fingerprint density at radius 1 is 1.00 bits per heavy atom. The molecular weight excluding hydrogens is 528 g/mol. The fraction of sp³-hybridized carbons (Fsp3) is 0.273. The van der Waals surface area contributed by atoms with E-state index in [9.17, 15) is 40.3 Å². The Labute approximate surface area is 205 Å². The predicted molar refractivity (Wildman–Crippen MR) is 117 cm³/mol. The maximum atomic E-state index is 13.6. The minimum Gasteiger partial charge on any atom is -0.345 e. The molecule has 13 heteroatoms. The van der Waals surface area contributed by atoms with E-state index >= 15 is 0 Å². The lowest BCUT2D eigenvalue weighted by Crippen LogP contribution is -2.41. The molecule has 0 aromatic heterocycles. The molecule has 0 saturated heterocycles. The monoisotopic (exact) mass is 544 g/mol. The molecule has 0 bridgehead atoms. The van der Waals surface area contributed by atoms with Gasteiger partial charge in [0.15, 0.2) is 5.82 Å². The summed E-state index contributed by atoms with van der Waals surface area (Å²) >= 11 is 11.2. The molecule has 0 heterocycles. The third-order valence-corrected chi connectivity index (χ3v) is 5.14. The van der Waals surface area contributed by atoms with Crippen LogP contribution in [0.4, 0.5) is 30.7 Å². The van der Waals surface area contributed by atoms with Gasteiger partial charge < -0.3 is 10.6 Å². The van der Waals surface area contributed by atoms with Crippen molar-refractivity contribution in [3.05, 3.63) is 74.5 Å². The van der Waals surface area contributed by atoms with Crippen molar-refractivity contribution in [2.24, 2.45) is 0 Å². The van der Waals surface area contributed by atoms with E-state index in [2.05, 4.69) is 5.32 Å². The SMILES string of the molecule is Cc1cc(C=CC(c2cc(Cl)c(F)c(Cl)c2)C(F)(F)F)ccc1C(=O)NCC(=O)NCC(F)(F)F. The molecule has 2 aromatic carbocycles. The van der Waals surface area contributed by atoms with Crippen LogP contribution in [-0.2, 0) is 4.79 Å². The van der Waals surface area contributed by atoms with E-state index in [1.165, 1.54) is 25.1 Å². The Hall–Kier alpha value is -2.79. The number of aryl methyl sites for hydroxylation is 1. The van der Waals surface area contributed by atoms with Gasteiger partial charge in [-0.2, -0.15) is 26.3 Å². The third kappa shape index (κ3) is 8.43. The van der Waals surface area contributed by atoms with Gasteiger partial charge in [0, 0.05) is 5.56 Å². The topological polar surface area (TPSA) is 58.2 Å². The minimum atomic E-state index is -4.75. The van der Waals surface area contributed by atoms with Crippen LogP contribution in [0.15, 0.2) is 36.4 Å². The van der Waals surface area contributed by atoms with Crippen LogP contribution >= 0.6 is 23.2 Å². The highest BCUT2D eigenvalue weighted by Crippen LogP contribution is 2.39. The molecule has 0 fully saturated rings. The summed E-state index contributed by atoms with van der Waals surface area (Å²) in [4.78, 5) is 23.6. The smallest absolute Gasteiger partial charge is 0.345 e. The summed E-state index contributed by atoms with van der Waals surface area (Å²) in [6, 6.07) is 5.67. The maximum Gasteiger partial charge on any atom is 0.405 e. The minimum absolute atomic E-state index is 0.0650. The van der Waals surface area contributed by atoms with Crippen LogP contribution < -0.4 is 10.6 Å². The quantitative estimate of drug-likeness (QED) is 0.321. The molecule has 2 rings (SSSR count). The molecular formula is C22H17Cl2F7N2O2. The fourth-order valence-corrected chi connectivity index (χ4v) is 3.44. The Morgan fingerprint density at radius 2 is 1.60 bits per heavy atom. The maximum absolute atomic E-state index is 13.6. The van der Waals surface area contributed by atoms with Gasteiger partial charge in [0.05, 0.1) is 22.5 Å². The van der Waals surface area contributed by atoms with Gasteiger partial charge in [0.1, 0.15) is 6.54 Å². The first-order chi connectivity index (χ1) is 16.1. The number of hydrogen-bond donors (Lipinski definition) is 2. The number of amides is 2. The van der Waals surface area contributed by atoms with E-state index in [0.29, 0.717) is 5.56 Å². The lowest BCUT2D eigenvalue weighted by molar-refractivity contribution is -0.139. The van der Waals surface area contributed by atoms with Crippen LogP contribution in [0, 0.1) is 12.7 Å². The van der Waals surface area contributed by atoms with E-state index in [1.807, 2.05) is 0 Å². The van der Waals surface area contributed by atoms with E-state index in [0.717, 1.165) is 24.3 Å². The van der Waals surface area contributed by atoms with Crippen LogP contribution in [-0.4, -0.2) is 37.3 Å². The number of carbonyl (C=O) groups is 2. The van der Waals surface area contributed by atoms with Crippen molar-refractivity contribution in [1.29, 1.82) is 0 Å². The molecule has 0 aliphatic rings. The first-order valence-corrected chi connectivity index (χ1v) is 10.5. The number of rotatable bonds is 7. The predicted octanol–water partition coefficient (Wildman–Crippen LogP) is 6.21. The summed E-state index contributed by atoms with van der Waals surface area (Å²) < 4.78 is 90.7. The van der Waals surface area contributed by atoms with Crippen LogP contribution in [0.2, 0.25) is 10.0 Å². The second-order valence-corrected chi connectivity index (χ2v) is 8.14. The van der Waals surface area contributed by atoms with Crippen molar-refractivity contribution in [2.75, 3.05) is 13.1 Å². The molecule has 4 nitrogen and oxygen atoms in total. The van der Waals surface area contributed by atoms with E-state index < -0.39 is 59.0 Å². The summed E-state index contributed by atoms with van der Waals surface area (Å²) in [5.41, 5.74) is 0.309. The molecule has 2 aromatic rings. The van der Waals surface area contributed by atoms with Gasteiger partial charge >= 0.3 is 12.4 Å². The van der Waals surface area contributed by atoms with Gasteiger partial charge in [0.2, 0.25) is 5.91 Å². The highest BCUT2D eigenvalue weighted by Gasteiger charge is 2.39. The zero-order valence-corrected chi connectivity index (χ0v) is 19.3. The van der Waals surface area contributed by atoms with Crippen LogP contribution in [0.25, 0.3) is 6.08 Å². The number of alkyl halides is 6. The first-order valence-electron chi connectivity index (χ1n) is 9.70. The van der Waals surface area contributed by atoms with E-state index in [-0.39, 0.29) is 16.7 Å². The van der Waals surface area contributed by atoms with Crippen LogP contribution in [0.5, 0.6) is 0 Å². The van der Waals surface area contributed by atoms with Crippen molar-refractivity contribution < 1.29 is 40.3 Å². The average Bonchev–Trinajstić information content (AvgIpc) is 2.73. The van der Waals surface area contributed by atoms with Gasteiger partial charge in [0.25, 0.3) is 5.91 Å². The Kier molecular flexibility index (Phi) is 9.18. The van der Waals surface area contributed by atoms with Crippen molar-refractivity contribution >= 4 is 41.1 Å². The second-order valence-electron chi connectivity index (χ2n) is 7.33. The number of nitrogens with one attached hydrogen (secondary N) is 2. The molecule has 1 unspecified atom stereocenters. The summed E-state index contributed by atoms with van der Waals surface area (Å²) in [5.74, 6) is -5.00. The van der Waals surface area contributed by atoms with E-state index in [1.54, 1.807) is 5.32 Å². The zero-order chi connectivity index (χ0) is 26.6. The number of carbonyl (C=O) groups excluding carboxylic acids is 2. The van der Waals surface area contributed by atoms with Crippen molar-refractivity contribution in [3.8, 4) is 0 Å². The Morgan fingerprint density at radius 3 is 2.11 bits per heavy atom. The molecule has 0 saturated carbocycles. The molecule has 0 aliphatic carbocycles. The average molecular weight is 545 g/mol. The van der Waals surface area contributed by atoms with Crippen molar-refractivity contribution in [1.82, 2.24) is 10.6 Å². The fourth-order valence-electron chi connectivity index (χ4n) is 2.93. The molecule has 2 N–H and O–H groups in total. The number of hydrogen-bond acceptors (Lipinski definition) is 2. The molecule has 0 spiro atoms. The summed E-state index contributed by atoms with van der Waals surface area (Å²) in [7, 11) is 0. The normalized spacial score (nSPS) is 13.1. The second kappa shape index (κ2) is 11.3. The number of halogens is 9. The van der Waals surface area contributed by atoms with Gasteiger partial charge in [-0.3, -0.25) is 9.59 Å². The molecule has 35 heavy (non-hydrogen) atoms. The van der Waals surface area contributed by atoms with Gasteiger partial charge in [-0.25, -0.2) is 4.39 Å². The van der Waals surface area contributed by atoms with Gasteiger partial charge in [-0.1, -0.05) is 47.5 Å². The first kappa shape index (κ1) is 28.4. The Bertz CT molecular complexity index is 1110. The highest BCUT2D eigenvalue weighted by atomic mass is 35.5. The standard InChI is InChI=1S/C22H17Cl2F7N2O2/c1-11-6-12(2-4-14(11)20(35)32-9-18(34)33-10-21(26,27)28)3-5-15(22(29,30)31)13-7-16(23)19(25)17(24)8-13/h2-8,15H,9-10H2,1H3,(H,32,35)(H,33,34). The lowest BCUT2D eigenvalue weighted by Gasteiger charge is -2.18. The van der Waals surface area contributed by atoms with Crippen molar-refractivity contribution in [2.45, 2.75) is 25.2 Å². The van der Waals surface area contributed by atoms with Gasteiger partial charge in [-0.15, -0.1) is 0 Å². The van der Waals surface area contributed by atoms with Gasteiger partial charge in [-0.05, 0) is 41.8 Å². The molecule has 2 amide bonds. The van der Waals surface area contributed by atoms with Crippen molar-refractivity contribution in [3.63, 3.8) is 0 Å². The molecule has 190 valence electrons. The molecule has 0 aliphatic heterocycles. The van der Waals surface area contributed by atoms with Crippen LogP contribution in [0.1, 0.15) is 33.0 Å². The number of benzene rings is 2. The Balaban J connectivity index is 2.15. The highest BCUT2D eigenvalue weighted by molar-refractivity contribution is 6.35. The third-order valence-electron chi connectivity index (χ3n) is 4.59. The molecule has 1 atom stereocenters. The zero-order valence-electron chi connectivity index (χ0n) is 17.8. The summed E-state index contributed by atoms with van der Waals surface area (Å²) in [6.45, 7) is -0.764. The largest absolute Gasteiger partial charge is 0.405 e. The lowest BCUT2D eigenvalue weighted by atomic mass is 9.96. The summed E-state index contributed by atoms with van der Waals surface area (Å²) in [5, 5.41) is 2.64. The van der Waals surface area contributed by atoms with E-state index in [4.69, 9.17) is 23.2 Å². The summed E-state index contributed by atoms with van der Waals surface area (Å²) in [6.07, 6.45) is -7.38. The molecule has 0 radical (unpaired) electrons. The number of allylic oxidation sites excluding steroid dienone is 1. The van der Waals surface area contributed by atoms with Crippen LogP contribution in [0.3, 0.4) is 0 Å².